The van der Waals surface area contributed by atoms with Gasteiger partial charge in [-0.15, -0.1) is 0 Å². The van der Waals surface area contributed by atoms with Crippen LogP contribution in [0.5, 0.6) is 0 Å². The van der Waals surface area contributed by atoms with Crippen LogP contribution in [0.15, 0.2) is 0 Å². The highest BCUT2D eigenvalue weighted by Crippen LogP contribution is 2.65. The number of ether oxygens (including phenoxy) is 1. The lowest BCUT2D eigenvalue weighted by molar-refractivity contribution is -0.0391. The van der Waals surface area contributed by atoms with Gasteiger partial charge in [-0.2, -0.15) is 0 Å². The normalized spacial score (nSPS) is 31.1. The van der Waals surface area contributed by atoms with Crippen molar-refractivity contribution in [1.82, 2.24) is 4.90 Å². The van der Waals surface area contributed by atoms with Crippen molar-refractivity contribution in [2.45, 2.75) is 51.4 Å². The first-order valence-electron chi connectivity index (χ1n) is 7.69. The molecule has 0 radical (unpaired) electrons. The summed E-state index contributed by atoms with van der Waals surface area (Å²) in [5, 5.41) is 0. The Morgan fingerprint density at radius 3 is 2.16 bits per heavy atom. The number of piperidine rings is 1. The van der Waals surface area contributed by atoms with Gasteiger partial charge in [-0.3, -0.25) is 0 Å². The van der Waals surface area contributed by atoms with Gasteiger partial charge in [-0.1, -0.05) is 6.42 Å². The molecule has 1 aliphatic heterocycles. The Bertz CT molecular complexity index is 333. The van der Waals surface area contributed by atoms with Crippen LogP contribution in [0.2, 0.25) is 0 Å². The molecule has 3 fully saturated rings. The molecule has 2 nitrogen and oxygen atoms in total. The molecule has 3 aliphatic rings. The molecule has 0 amide bonds. The van der Waals surface area contributed by atoms with Crippen LogP contribution < -0.4 is 0 Å². The minimum absolute atomic E-state index is 0.137. The van der Waals surface area contributed by atoms with Gasteiger partial charge in [-0.05, 0) is 45.7 Å². The first kappa shape index (κ1) is 13.7. The Morgan fingerprint density at radius 1 is 1.11 bits per heavy atom. The Hall–Kier alpha value is -0.220. The van der Waals surface area contributed by atoms with Crippen molar-refractivity contribution in [3.8, 4) is 0 Å². The summed E-state index contributed by atoms with van der Waals surface area (Å²) < 4.78 is 32.3. The first-order chi connectivity index (χ1) is 9.01. The molecule has 1 spiro atoms. The van der Waals surface area contributed by atoms with Crippen molar-refractivity contribution >= 4 is 0 Å². The van der Waals surface area contributed by atoms with Crippen LogP contribution in [0.3, 0.4) is 0 Å². The summed E-state index contributed by atoms with van der Waals surface area (Å²) in [5.41, 5.74) is -0.289. The lowest BCUT2D eigenvalue weighted by atomic mass is 9.68. The van der Waals surface area contributed by atoms with E-state index in [9.17, 15) is 8.78 Å². The van der Waals surface area contributed by atoms with E-state index in [1.165, 1.54) is 19.3 Å². The van der Waals surface area contributed by atoms with E-state index in [0.29, 0.717) is 18.3 Å². The second-order valence-corrected chi connectivity index (χ2v) is 6.93. The lowest BCUT2D eigenvalue weighted by Gasteiger charge is -2.46. The molecule has 3 rings (SSSR count). The molecular weight excluding hydrogens is 248 g/mol. The topological polar surface area (TPSA) is 12.5 Å². The minimum Gasteiger partial charge on any atom is -0.381 e. The zero-order valence-corrected chi connectivity index (χ0v) is 11.9. The molecule has 1 heterocycles. The summed E-state index contributed by atoms with van der Waals surface area (Å²) in [6.45, 7) is 6.41. The highest BCUT2D eigenvalue weighted by Gasteiger charge is 2.70. The van der Waals surface area contributed by atoms with Crippen molar-refractivity contribution < 1.29 is 13.5 Å². The average Bonchev–Trinajstić information content (AvgIpc) is 2.86. The molecule has 2 saturated carbocycles. The molecule has 0 aromatic carbocycles. The number of halogens is 2. The molecule has 110 valence electrons. The lowest BCUT2D eigenvalue weighted by Crippen LogP contribution is -2.48. The molecular formula is C15H25F2NO. The summed E-state index contributed by atoms with van der Waals surface area (Å²) in [6, 6.07) is 0. The largest absolute Gasteiger partial charge is 0.381 e. The molecule has 0 bridgehead atoms. The maximum Gasteiger partial charge on any atom is 0.254 e. The van der Waals surface area contributed by atoms with Crippen LogP contribution in [0.4, 0.5) is 8.78 Å². The average molecular weight is 273 g/mol. The summed E-state index contributed by atoms with van der Waals surface area (Å²) in [6.07, 6.45) is 5.28. The zero-order chi connectivity index (χ0) is 13.6. The van der Waals surface area contributed by atoms with Gasteiger partial charge >= 0.3 is 0 Å². The molecule has 19 heavy (non-hydrogen) atoms. The Balaban J connectivity index is 1.49. The number of nitrogens with zero attached hydrogens (tertiary/aromatic N) is 1. The van der Waals surface area contributed by atoms with Crippen molar-refractivity contribution in [2.24, 2.45) is 10.8 Å². The molecule has 0 aromatic heterocycles. The summed E-state index contributed by atoms with van der Waals surface area (Å²) in [4.78, 5) is 2.40. The van der Waals surface area contributed by atoms with E-state index in [0.717, 1.165) is 32.8 Å². The molecule has 4 heteroatoms. The van der Waals surface area contributed by atoms with Crippen LogP contribution in [-0.2, 0) is 4.74 Å². The number of likely N-dealkylation sites (tertiary alicyclic amines) is 1. The van der Waals surface area contributed by atoms with Gasteiger partial charge in [0.15, 0.2) is 0 Å². The molecule has 0 atom stereocenters. The highest BCUT2D eigenvalue weighted by molar-refractivity contribution is 5.12. The highest BCUT2D eigenvalue weighted by atomic mass is 19.3. The van der Waals surface area contributed by atoms with E-state index in [1.54, 1.807) is 0 Å². The fraction of sp³-hybridized carbons (Fsp3) is 1.00. The number of hydrogen-bond acceptors (Lipinski definition) is 2. The fourth-order valence-electron chi connectivity index (χ4n) is 3.88. The zero-order valence-electron chi connectivity index (χ0n) is 11.9. The molecule has 0 N–H and O–H groups in total. The standard InChI is InChI=1S/C15H25F2NO/c1-2-19-12-13(4-3-5-13)11-18-8-6-14(7-9-18)10-15(14,16)17/h2-12H2,1H3. The fourth-order valence-corrected chi connectivity index (χ4v) is 3.88. The van der Waals surface area contributed by atoms with Gasteiger partial charge in [0, 0.05) is 30.4 Å². The molecule has 1 saturated heterocycles. The van der Waals surface area contributed by atoms with Gasteiger partial charge in [-0.25, -0.2) is 8.78 Å². The van der Waals surface area contributed by atoms with Gasteiger partial charge in [0.25, 0.3) is 5.92 Å². The van der Waals surface area contributed by atoms with Crippen LogP contribution in [0.25, 0.3) is 0 Å². The molecule has 0 aromatic rings. The summed E-state index contributed by atoms with van der Waals surface area (Å²) >= 11 is 0. The Kier molecular flexibility index (Phi) is 3.37. The quantitative estimate of drug-likeness (QED) is 0.762. The van der Waals surface area contributed by atoms with Crippen molar-refractivity contribution in [3.05, 3.63) is 0 Å². The second-order valence-electron chi connectivity index (χ2n) is 6.93. The molecule has 0 unspecified atom stereocenters. The summed E-state index contributed by atoms with van der Waals surface area (Å²) in [5.74, 6) is -2.36. The number of rotatable bonds is 5. The third kappa shape index (κ3) is 2.42. The Labute approximate surface area is 114 Å². The van der Waals surface area contributed by atoms with E-state index in [1.807, 2.05) is 6.92 Å². The van der Waals surface area contributed by atoms with E-state index in [4.69, 9.17) is 4.74 Å². The number of hydrogen-bond donors (Lipinski definition) is 0. The van der Waals surface area contributed by atoms with Gasteiger partial charge < -0.3 is 9.64 Å². The van der Waals surface area contributed by atoms with Crippen LogP contribution in [-0.4, -0.2) is 43.7 Å². The van der Waals surface area contributed by atoms with E-state index < -0.39 is 11.3 Å². The van der Waals surface area contributed by atoms with Crippen LogP contribution >= 0.6 is 0 Å². The Morgan fingerprint density at radius 2 is 1.74 bits per heavy atom. The predicted octanol–water partition coefficient (Wildman–Crippen LogP) is 3.31. The maximum absolute atomic E-state index is 13.3. The van der Waals surface area contributed by atoms with Gasteiger partial charge in [0.1, 0.15) is 0 Å². The predicted molar refractivity (Wildman–Crippen MR) is 70.4 cm³/mol. The first-order valence-corrected chi connectivity index (χ1v) is 7.69. The van der Waals surface area contributed by atoms with Gasteiger partial charge in [0.05, 0.1) is 6.61 Å². The summed E-state index contributed by atoms with van der Waals surface area (Å²) in [7, 11) is 0. The van der Waals surface area contributed by atoms with Crippen LogP contribution in [0, 0.1) is 10.8 Å². The van der Waals surface area contributed by atoms with E-state index in [-0.39, 0.29) is 6.42 Å². The smallest absolute Gasteiger partial charge is 0.254 e. The van der Waals surface area contributed by atoms with E-state index >= 15 is 0 Å². The van der Waals surface area contributed by atoms with Gasteiger partial charge in [0.2, 0.25) is 0 Å². The SMILES string of the molecule is CCOCC1(CN2CCC3(CC2)CC3(F)F)CCC1. The van der Waals surface area contributed by atoms with Crippen LogP contribution in [0.1, 0.15) is 45.4 Å². The molecule has 2 aliphatic carbocycles. The number of alkyl halides is 2. The second kappa shape index (κ2) is 4.66. The third-order valence-corrected chi connectivity index (χ3v) is 5.61. The van der Waals surface area contributed by atoms with Crippen molar-refractivity contribution in [2.75, 3.05) is 32.8 Å². The van der Waals surface area contributed by atoms with Crippen molar-refractivity contribution in [1.29, 1.82) is 0 Å². The monoisotopic (exact) mass is 273 g/mol. The minimum atomic E-state index is -2.36. The van der Waals surface area contributed by atoms with E-state index in [2.05, 4.69) is 4.90 Å². The maximum atomic E-state index is 13.3. The van der Waals surface area contributed by atoms with Crippen molar-refractivity contribution in [3.63, 3.8) is 0 Å². The third-order valence-electron chi connectivity index (χ3n) is 5.61.